The lowest BCUT2D eigenvalue weighted by Crippen LogP contribution is -2.50. The van der Waals surface area contributed by atoms with E-state index in [4.69, 9.17) is 16.6 Å². The number of aliphatic hydroxyl groups excluding tert-OH is 2. The Morgan fingerprint density at radius 1 is 1.24 bits per heavy atom. The number of hydrogen-bond donors (Lipinski definition) is 2. The largest absolute Gasteiger partial charge is 0.395 e. The number of β-amino-alcohol motifs (C(OH)–C–C–N with tert-alkyl or cyclic N) is 1. The molecule has 0 unspecified atom stereocenters. The van der Waals surface area contributed by atoms with Crippen LogP contribution in [0.2, 0.25) is 5.02 Å². The van der Waals surface area contributed by atoms with Gasteiger partial charge >= 0.3 is 0 Å². The van der Waals surface area contributed by atoms with E-state index < -0.39 is 0 Å². The molecule has 0 saturated carbocycles. The van der Waals surface area contributed by atoms with Crippen molar-refractivity contribution in [1.82, 2.24) is 14.5 Å². The quantitative estimate of drug-likeness (QED) is 0.863. The highest BCUT2D eigenvalue weighted by molar-refractivity contribution is 6.32. The Morgan fingerprint density at radius 3 is 2.84 bits per heavy atom. The third-order valence-electron chi connectivity index (χ3n) is 5.58. The molecule has 7 heteroatoms. The molecule has 2 aromatic rings. The van der Waals surface area contributed by atoms with Gasteiger partial charge in [-0.1, -0.05) is 11.6 Å². The normalized spacial score (nSPS) is 23.5. The lowest BCUT2D eigenvalue weighted by atomic mass is 9.83. The Labute approximate surface area is 150 Å². The molecule has 0 aliphatic carbocycles. The van der Waals surface area contributed by atoms with Crippen molar-refractivity contribution in [3.8, 4) is 0 Å². The van der Waals surface area contributed by atoms with E-state index in [2.05, 4.69) is 4.90 Å². The monoisotopic (exact) mass is 363 g/mol. The van der Waals surface area contributed by atoms with Crippen LogP contribution >= 0.6 is 11.6 Å². The fraction of sp³-hybridized carbons (Fsp3) is 0.556. The van der Waals surface area contributed by atoms with E-state index >= 15 is 0 Å². The molecule has 1 saturated heterocycles. The second-order valence-electron chi connectivity index (χ2n) is 6.91. The Balaban J connectivity index is 1.85. The summed E-state index contributed by atoms with van der Waals surface area (Å²) in [6.07, 6.45) is 2.94. The number of benzene rings is 1. The SMILES string of the molecule is O=c1c2cc(Cl)c(CO)cc2nc2n1CC[C@@H]1[C@@H]2CCCN1CCO. The minimum absolute atomic E-state index is 0.0517. The molecule has 2 aliphatic heterocycles. The highest BCUT2D eigenvalue weighted by atomic mass is 35.5. The van der Waals surface area contributed by atoms with Gasteiger partial charge in [-0.15, -0.1) is 0 Å². The molecule has 6 nitrogen and oxygen atoms in total. The first-order valence-corrected chi connectivity index (χ1v) is 9.20. The van der Waals surface area contributed by atoms with Gasteiger partial charge in [-0.3, -0.25) is 14.3 Å². The number of aliphatic hydroxyl groups is 2. The van der Waals surface area contributed by atoms with E-state index in [1.165, 1.54) is 0 Å². The summed E-state index contributed by atoms with van der Waals surface area (Å²) in [5.74, 6) is 1.04. The average Bonchev–Trinajstić information content (AvgIpc) is 2.62. The summed E-state index contributed by atoms with van der Waals surface area (Å²) in [6.45, 7) is 2.28. The second-order valence-corrected chi connectivity index (χ2v) is 7.32. The number of piperidine rings is 1. The fourth-order valence-corrected chi connectivity index (χ4v) is 4.63. The van der Waals surface area contributed by atoms with Gasteiger partial charge in [0.15, 0.2) is 0 Å². The van der Waals surface area contributed by atoms with Gasteiger partial charge in [0.05, 0.1) is 24.1 Å². The van der Waals surface area contributed by atoms with Gasteiger partial charge < -0.3 is 10.2 Å². The predicted octanol–water partition coefficient (Wildman–Crippen LogP) is 1.49. The van der Waals surface area contributed by atoms with E-state index in [9.17, 15) is 15.0 Å². The molecule has 0 spiro atoms. The molecule has 2 N–H and O–H groups in total. The number of aromatic nitrogens is 2. The van der Waals surface area contributed by atoms with E-state index in [1.54, 1.807) is 16.7 Å². The van der Waals surface area contributed by atoms with Crippen LogP contribution in [0.4, 0.5) is 0 Å². The third-order valence-corrected chi connectivity index (χ3v) is 5.94. The summed E-state index contributed by atoms with van der Waals surface area (Å²) in [5, 5.41) is 19.7. The maximum absolute atomic E-state index is 13.0. The molecule has 2 atom stereocenters. The van der Waals surface area contributed by atoms with Crippen LogP contribution in [0, 0.1) is 0 Å². The van der Waals surface area contributed by atoms with Gasteiger partial charge in [0.1, 0.15) is 5.82 Å². The van der Waals surface area contributed by atoms with E-state index in [1.807, 2.05) is 0 Å². The van der Waals surface area contributed by atoms with Crippen LogP contribution in [0.3, 0.4) is 0 Å². The summed E-state index contributed by atoms with van der Waals surface area (Å²) < 4.78 is 1.79. The fourth-order valence-electron chi connectivity index (χ4n) is 4.40. The topological polar surface area (TPSA) is 78.6 Å². The van der Waals surface area contributed by atoms with Crippen LogP contribution in [0.1, 0.15) is 36.6 Å². The molecule has 1 fully saturated rings. The van der Waals surface area contributed by atoms with E-state index in [0.717, 1.165) is 31.6 Å². The minimum Gasteiger partial charge on any atom is -0.395 e. The number of hydrogen-bond acceptors (Lipinski definition) is 5. The van der Waals surface area contributed by atoms with Gasteiger partial charge in [0, 0.05) is 30.1 Å². The van der Waals surface area contributed by atoms with Gasteiger partial charge in [-0.2, -0.15) is 0 Å². The lowest BCUT2D eigenvalue weighted by Gasteiger charge is -2.44. The van der Waals surface area contributed by atoms with Crippen molar-refractivity contribution in [2.75, 3.05) is 19.7 Å². The van der Waals surface area contributed by atoms with Crippen LogP contribution < -0.4 is 5.56 Å². The number of fused-ring (bicyclic) bond motifs is 4. The zero-order chi connectivity index (χ0) is 17.6. The Morgan fingerprint density at radius 2 is 2.08 bits per heavy atom. The van der Waals surface area contributed by atoms with E-state index in [-0.39, 0.29) is 24.7 Å². The Bertz CT molecular complexity index is 865. The van der Waals surface area contributed by atoms with Crippen molar-refractivity contribution in [2.45, 2.75) is 44.4 Å². The molecule has 1 aromatic carbocycles. The van der Waals surface area contributed by atoms with E-state index in [0.29, 0.717) is 40.6 Å². The molecule has 25 heavy (non-hydrogen) atoms. The highest BCUT2D eigenvalue weighted by Gasteiger charge is 2.38. The molecule has 0 radical (unpaired) electrons. The molecule has 0 amide bonds. The Hall–Kier alpha value is -1.47. The molecule has 134 valence electrons. The van der Waals surface area contributed by atoms with Crippen molar-refractivity contribution in [3.63, 3.8) is 0 Å². The first kappa shape index (κ1) is 17.0. The smallest absolute Gasteiger partial charge is 0.261 e. The van der Waals surface area contributed by atoms with Crippen LogP contribution in [0.25, 0.3) is 10.9 Å². The predicted molar refractivity (Wildman–Crippen MR) is 96.0 cm³/mol. The lowest BCUT2D eigenvalue weighted by molar-refractivity contribution is 0.0768. The highest BCUT2D eigenvalue weighted by Crippen LogP contribution is 2.37. The standard InChI is InChI=1S/C18H22ClN3O3/c19-14-9-13-15(8-11(14)10-24)20-17-12-2-1-4-21(6-7-23)16(12)3-5-22(17)18(13)25/h8-9,12,16,23-24H,1-7,10H2/t12-,16+/m0/s1. The number of likely N-dealkylation sites (tertiary alicyclic amines) is 1. The molecular formula is C18H22ClN3O3. The first-order valence-electron chi connectivity index (χ1n) is 8.82. The summed E-state index contributed by atoms with van der Waals surface area (Å²) in [6, 6.07) is 3.67. The molecule has 0 bridgehead atoms. The van der Waals surface area contributed by atoms with Crippen LogP contribution in [0.15, 0.2) is 16.9 Å². The van der Waals surface area contributed by atoms with Crippen LogP contribution in [-0.4, -0.2) is 50.4 Å². The average molecular weight is 364 g/mol. The summed E-state index contributed by atoms with van der Waals surface area (Å²) >= 11 is 6.16. The van der Waals surface area contributed by atoms with Gasteiger partial charge in [0.25, 0.3) is 5.56 Å². The first-order chi connectivity index (χ1) is 12.1. The maximum Gasteiger partial charge on any atom is 0.261 e. The second kappa shape index (κ2) is 6.68. The maximum atomic E-state index is 13.0. The molecule has 4 rings (SSSR count). The molecule has 1 aromatic heterocycles. The zero-order valence-corrected chi connectivity index (χ0v) is 14.7. The number of rotatable bonds is 3. The van der Waals surface area contributed by atoms with Crippen molar-refractivity contribution < 1.29 is 10.2 Å². The third kappa shape index (κ3) is 2.77. The van der Waals surface area contributed by atoms with Crippen molar-refractivity contribution in [3.05, 3.63) is 38.9 Å². The minimum atomic E-state index is -0.175. The zero-order valence-electron chi connectivity index (χ0n) is 14.0. The number of halogens is 1. The summed E-state index contributed by atoms with van der Waals surface area (Å²) in [5.41, 5.74) is 1.14. The van der Waals surface area contributed by atoms with Crippen molar-refractivity contribution >= 4 is 22.5 Å². The van der Waals surface area contributed by atoms with Gasteiger partial charge in [0.2, 0.25) is 0 Å². The van der Waals surface area contributed by atoms with Crippen LogP contribution in [0.5, 0.6) is 0 Å². The van der Waals surface area contributed by atoms with Gasteiger partial charge in [-0.25, -0.2) is 4.98 Å². The Kier molecular flexibility index (Phi) is 4.54. The molecule has 2 aliphatic rings. The number of nitrogens with zero attached hydrogens (tertiary/aromatic N) is 3. The van der Waals surface area contributed by atoms with Crippen molar-refractivity contribution in [1.29, 1.82) is 0 Å². The molecule has 3 heterocycles. The van der Waals surface area contributed by atoms with Crippen LogP contribution in [-0.2, 0) is 13.2 Å². The van der Waals surface area contributed by atoms with Gasteiger partial charge in [-0.05, 0) is 43.5 Å². The summed E-state index contributed by atoms with van der Waals surface area (Å²) in [4.78, 5) is 20.1. The van der Waals surface area contributed by atoms with Crippen molar-refractivity contribution in [2.24, 2.45) is 0 Å². The molecular weight excluding hydrogens is 342 g/mol. The summed E-state index contributed by atoms with van der Waals surface area (Å²) in [7, 11) is 0.